The average Bonchev–Trinajstić information content (AvgIpc) is 3.17. The van der Waals surface area contributed by atoms with Crippen molar-refractivity contribution in [1.29, 1.82) is 0 Å². The number of benzene rings is 1. The van der Waals surface area contributed by atoms with Crippen LogP contribution in [0.2, 0.25) is 0 Å². The molecule has 132 valence electrons. The van der Waals surface area contributed by atoms with Crippen LogP contribution in [-0.2, 0) is 0 Å². The molecule has 1 aliphatic heterocycles. The number of likely N-dealkylation sites (N-methyl/N-ethyl adjacent to an activating group) is 1. The maximum absolute atomic E-state index is 12.9. The lowest BCUT2D eigenvalue weighted by Gasteiger charge is -2.23. The van der Waals surface area contributed by atoms with Crippen molar-refractivity contribution in [2.75, 3.05) is 38.2 Å². The number of hydrogen-bond donors (Lipinski definition) is 0. The van der Waals surface area contributed by atoms with Crippen molar-refractivity contribution in [3.05, 3.63) is 54.0 Å². The SMILES string of the molecule is CN(CCOc1ccc(F)cc1)C(=O)c1cccnc1N1CCCC1. The molecule has 25 heavy (non-hydrogen) atoms. The van der Waals surface area contributed by atoms with E-state index in [2.05, 4.69) is 9.88 Å². The highest BCUT2D eigenvalue weighted by Crippen LogP contribution is 2.23. The standard InChI is InChI=1S/C19H22FN3O2/c1-22(13-14-25-16-8-6-15(20)7-9-16)19(24)17-5-4-10-21-18(17)23-11-2-3-12-23/h4-10H,2-3,11-14H2,1H3. The van der Waals surface area contributed by atoms with E-state index in [1.54, 1.807) is 36.3 Å². The molecule has 0 aliphatic carbocycles. The van der Waals surface area contributed by atoms with Crippen LogP contribution in [0.4, 0.5) is 10.2 Å². The summed E-state index contributed by atoms with van der Waals surface area (Å²) in [4.78, 5) is 21.0. The van der Waals surface area contributed by atoms with Gasteiger partial charge in [-0.15, -0.1) is 0 Å². The molecule has 2 heterocycles. The fraction of sp³-hybridized carbons (Fsp3) is 0.368. The van der Waals surface area contributed by atoms with Gasteiger partial charge < -0.3 is 14.5 Å². The summed E-state index contributed by atoms with van der Waals surface area (Å²) < 4.78 is 18.4. The number of aromatic nitrogens is 1. The molecule has 6 heteroatoms. The Hall–Kier alpha value is -2.63. The van der Waals surface area contributed by atoms with Gasteiger partial charge in [-0.1, -0.05) is 0 Å². The summed E-state index contributed by atoms with van der Waals surface area (Å²) in [6, 6.07) is 9.45. The van der Waals surface area contributed by atoms with Gasteiger partial charge in [-0.25, -0.2) is 9.37 Å². The number of rotatable bonds is 6. The predicted octanol–water partition coefficient (Wildman–Crippen LogP) is 2.97. The number of carbonyl (C=O) groups is 1. The molecular weight excluding hydrogens is 321 g/mol. The van der Waals surface area contributed by atoms with Crippen LogP contribution >= 0.6 is 0 Å². The lowest BCUT2D eigenvalue weighted by molar-refractivity contribution is 0.0774. The second-order valence-corrected chi connectivity index (χ2v) is 6.10. The zero-order valence-electron chi connectivity index (χ0n) is 14.3. The smallest absolute Gasteiger partial charge is 0.257 e. The first-order valence-corrected chi connectivity index (χ1v) is 8.49. The predicted molar refractivity (Wildman–Crippen MR) is 94.5 cm³/mol. The third kappa shape index (κ3) is 4.26. The summed E-state index contributed by atoms with van der Waals surface area (Å²) in [7, 11) is 1.75. The second kappa shape index (κ2) is 7.96. The maximum atomic E-state index is 12.9. The second-order valence-electron chi connectivity index (χ2n) is 6.10. The number of pyridine rings is 1. The van der Waals surface area contributed by atoms with Crippen LogP contribution in [0.5, 0.6) is 5.75 Å². The molecule has 1 aromatic heterocycles. The van der Waals surface area contributed by atoms with Gasteiger partial charge in [0.15, 0.2) is 0 Å². The molecule has 1 aromatic carbocycles. The molecule has 0 bridgehead atoms. The molecule has 0 spiro atoms. The van der Waals surface area contributed by atoms with Crippen molar-refractivity contribution in [3.8, 4) is 5.75 Å². The van der Waals surface area contributed by atoms with Crippen molar-refractivity contribution >= 4 is 11.7 Å². The van der Waals surface area contributed by atoms with Crippen molar-refractivity contribution in [2.45, 2.75) is 12.8 Å². The molecule has 0 radical (unpaired) electrons. The Labute approximate surface area is 147 Å². The van der Waals surface area contributed by atoms with Crippen molar-refractivity contribution in [2.24, 2.45) is 0 Å². The molecular formula is C19H22FN3O2. The normalized spacial score (nSPS) is 13.8. The van der Waals surface area contributed by atoms with Crippen LogP contribution < -0.4 is 9.64 Å². The molecule has 1 saturated heterocycles. The Balaban J connectivity index is 1.59. The number of anilines is 1. The van der Waals surface area contributed by atoms with Crippen LogP contribution in [0, 0.1) is 5.82 Å². The van der Waals surface area contributed by atoms with Crippen molar-refractivity contribution < 1.29 is 13.9 Å². The van der Waals surface area contributed by atoms with Crippen molar-refractivity contribution in [1.82, 2.24) is 9.88 Å². The monoisotopic (exact) mass is 343 g/mol. The molecule has 0 saturated carbocycles. The van der Waals surface area contributed by atoms with E-state index in [0.717, 1.165) is 31.7 Å². The summed E-state index contributed by atoms with van der Waals surface area (Å²) in [5.74, 6) is 0.973. The summed E-state index contributed by atoms with van der Waals surface area (Å²) in [5, 5.41) is 0. The fourth-order valence-electron chi connectivity index (χ4n) is 2.88. The lowest BCUT2D eigenvalue weighted by Crippen LogP contribution is -2.33. The first-order valence-electron chi connectivity index (χ1n) is 8.49. The highest BCUT2D eigenvalue weighted by Gasteiger charge is 2.22. The van der Waals surface area contributed by atoms with Crippen LogP contribution in [0.15, 0.2) is 42.6 Å². The van der Waals surface area contributed by atoms with E-state index >= 15 is 0 Å². The minimum Gasteiger partial charge on any atom is -0.492 e. The van der Waals surface area contributed by atoms with Crippen LogP contribution in [0.3, 0.4) is 0 Å². The van der Waals surface area contributed by atoms with Gasteiger partial charge in [-0.05, 0) is 49.2 Å². The van der Waals surface area contributed by atoms with Gasteiger partial charge in [-0.3, -0.25) is 4.79 Å². The van der Waals surface area contributed by atoms with E-state index in [1.165, 1.54) is 12.1 Å². The highest BCUT2D eigenvalue weighted by molar-refractivity contribution is 5.98. The third-order valence-corrected chi connectivity index (χ3v) is 4.28. The van der Waals surface area contributed by atoms with E-state index in [9.17, 15) is 9.18 Å². The van der Waals surface area contributed by atoms with E-state index < -0.39 is 0 Å². The Morgan fingerprint density at radius 2 is 1.96 bits per heavy atom. The van der Waals surface area contributed by atoms with Gasteiger partial charge >= 0.3 is 0 Å². The number of nitrogens with zero attached hydrogens (tertiary/aromatic N) is 3. The average molecular weight is 343 g/mol. The van der Waals surface area contributed by atoms with E-state index in [-0.39, 0.29) is 11.7 Å². The fourth-order valence-corrected chi connectivity index (χ4v) is 2.88. The van der Waals surface area contributed by atoms with Gasteiger partial charge in [0.25, 0.3) is 5.91 Å². The molecule has 5 nitrogen and oxygen atoms in total. The summed E-state index contributed by atoms with van der Waals surface area (Å²) in [6.07, 6.45) is 3.99. The molecule has 0 unspecified atom stereocenters. The van der Waals surface area contributed by atoms with Gasteiger partial charge in [0, 0.05) is 26.3 Å². The van der Waals surface area contributed by atoms with Crippen molar-refractivity contribution in [3.63, 3.8) is 0 Å². The van der Waals surface area contributed by atoms with Gasteiger partial charge in [0.2, 0.25) is 0 Å². The van der Waals surface area contributed by atoms with E-state index in [4.69, 9.17) is 4.74 Å². The first-order chi connectivity index (χ1) is 12.1. The summed E-state index contributed by atoms with van der Waals surface area (Å²) >= 11 is 0. The van der Waals surface area contributed by atoms with E-state index in [1.807, 2.05) is 6.07 Å². The minimum absolute atomic E-state index is 0.0716. The first kappa shape index (κ1) is 17.2. The lowest BCUT2D eigenvalue weighted by atomic mass is 10.2. The van der Waals surface area contributed by atoms with Gasteiger partial charge in [-0.2, -0.15) is 0 Å². The van der Waals surface area contributed by atoms with Crippen LogP contribution in [0.25, 0.3) is 0 Å². The summed E-state index contributed by atoms with van der Waals surface area (Å²) in [5.41, 5.74) is 0.619. The third-order valence-electron chi connectivity index (χ3n) is 4.28. The number of amides is 1. The molecule has 0 N–H and O–H groups in total. The highest BCUT2D eigenvalue weighted by atomic mass is 19.1. The largest absolute Gasteiger partial charge is 0.492 e. The Bertz CT molecular complexity index is 715. The molecule has 1 amide bonds. The van der Waals surface area contributed by atoms with E-state index in [0.29, 0.717) is 24.5 Å². The Morgan fingerprint density at radius 3 is 2.68 bits per heavy atom. The number of hydrogen-bond acceptors (Lipinski definition) is 4. The molecule has 1 aliphatic rings. The maximum Gasteiger partial charge on any atom is 0.257 e. The topological polar surface area (TPSA) is 45.7 Å². The zero-order valence-corrected chi connectivity index (χ0v) is 14.3. The molecule has 2 aromatic rings. The van der Waals surface area contributed by atoms with Gasteiger partial charge in [0.05, 0.1) is 12.1 Å². The minimum atomic E-state index is -0.300. The summed E-state index contributed by atoms with van der Waals surface area (Å²) in [6.45, 7) is 2.65. The van der Waals surface area contributed by atoms with Crippen LogP contribution in [-0.4, -0.2) is 49.1 Å². The zero-order chi connectivity index (χ0) is 17.6. The van der Waals surface area contributed by atoms with Crippen LogP contribution in [0.1, 0.15) is 23.2 Å². The number of halogens is 1. The Morgan fingerprint density at radius 1 is 1.24 bits per heavy atom. The Kier molecular flexibility index (Phi) is 5.48. The molecule has 0 atom stereocenters. The van der Waals surface area contributed by atoms with Gasteiger partial charge in [0.1, 0.15) is 24.0 Å². The number of carbonyl (C=O) groups excluding carboxylic acids is 1. The quantitative estimate of drug-likeness (QED) is 0.809. The molecule has 3 rings (SSSR count). The molecule has 1 fully saturated rings. The number of ether oxygens (including phenoxy) is 1.